The van der Waals surface area contributed by atoms with Crippen LogP contribution < -0.4 is 5.32 Å². The van der Waals surface area contributed by atoms with Crippen LogP contribution in [0.2, 0.25) is 0 Å². The zero-order valence-corrected chi connectivity index (χ0v) is 17.7. The van der Waals surface area contributed by atoms with Gasteiger partial charge in [0.2, 0.25) is 11.6 Å². The third-order valence-electron chi connectivity index (χ3n) is 4.75. The van der Waals surface area contributed by atoms with Crippen molar-refractivity contribution >= 4 is 29.8 Å². The van der Waals surface area contributed by atoms with E-state index in [1.54, 1.807) is 36.5 Å². The molecule has 0 saturated carbocycles. The smallest absolute Gasteiger partial charge is 0.355 e. The first kappa shape index (κ1) is 22.5. The number of hydrogen-bond acceptors (Lipinski definition) is 12. The standard InChI is InChI=1S/C21H18N8O5/c30-11-3-5-16(21(33)34-29-17(31)8-9-18(29)32)24-13-6-7-15(23-12-13)20-27-25-19(26-28-20)14-4-1-2-10-22-14/h1-2,4,6-7,10-12,16,24H,3,5,8-9H2. The Hall–Kier alpha value is -4.68. The molecule has 4 rings (SSSR count). The molecule has 1 N–H and O–H groups in total. The van der Waals surface area contributed by atoms with Gasteiger partial charge in [-0.2, -0.15) is 0 Å². The van der Waals surface area contributed by atoms with Crippen molar-refractivity contribution in [2.45, 2.75) is 31.7 Å². The van der Waals surface area contributed by atoms with E-state index in [0.717, 1.165) is 0 Å². The van der Waals surface area contributed by atoms with Crippen molar-refractivity contribution in [3.63, 3.8) is 0 Å². The number of hydroxylamine groups is 2. The Morgan fingerprint density at radius 1 is 1.00 bits per heavy atom. The van der Waals surface area contributed by atoms with Crippen molar-refractivity contribution < 1.29 is 24.0 Å². The van der Waals surface area contributed by atoms with Crippen molar-refractivity contribution in [2.24, 2.45) is 0 Å². The van der Waals surface area contributed by atoms with Gasteiger partial charge in [0.25, 0.3) is 11.8 Å². The third kappa shape index (κ3) is 5.20. The molecule has 172 valence electrons. The maximum atomic E-state index is 12.5. The fraction of sp³-hybridized carbons (Fsp3) is 0.238. The molecule has 4 heterocycles. The monoisotopic (exact) mass is 462 g/mol. The number of carbonyl (C=O) groups is 4. The van der Waals surface area contributed by atoms with E-state index >= 15 is 0 Å². The van der Waals surface area contributed by atoms with Crippen LogP contribution in [0.1, 0.15) is 25.7 Å². The molecule has 3 aromatic heterocycles. The summed E-state index contributed by atoms with van der Waals surface area (Å²) in [6.07, 6.45) is 3.82. The number of aromatic nitrogens is 6. The van der Waals surface area contributed by atoms with E-state index in [2.05, 4.69) is 35.7 Å². The topological polar surface area (TPSA) is 170 Å². The second-order valence-electron chi connectivity index (χ2n) is 7.13. The van der Waals surface area contributed by atoms with Crippen LogP contribution in [-0.4, -0.2) is 65.5 Å². The summed E-state index contributed by atoms with van der Waals surface area (Å²) in [6.45, 7) is 0. The highest BCUT2D eigenvalue weighted by Gasteiger charge is 2.34. The van der Waals surface area contributed by atoms with E-state index in [-0.39, 0.29) is 37.3 Å². The molecule has 0 aliphatic carbocycles. The van der Waals surface area contributed by atoms with E-state index in [1.165, 1.54) is 6.20 Å². The highest BCUT2D eigenvalue weighted by molar-refractivity contribution is 6.01. The van der Waals surface area contributed by atoms with Gasteiger partial charge in [-0.15, -0.1) is 25.5 Å². The van der Waals surface area contributed by atoms with E-state index < -0.39 is 23.8 Å². The van der Waals surface area contributed by atoms with Gasteiger partial charge in [0, 0.05) is 25.5 Å². The van der Waals surface area contributed by atoms with E-state index in [9.17, 15) is 19.2 Å². The zero-order valence-electron chi connectivity index (χ0n) is 17.7. The molecule has 1 aliphatic heterocycles. The van der Waals surface area contributed by atoms with Gasteiger partial charge in [0.05, 0.1) is 11.9 Å². The molecule has 1 atom stereocenters. The van der Waals surface area contributed by atoms with Gasteiger partial charge in [0.15, 0.2) is 0 Å². The van der Waals surface area contributed by atoms with Crippen molar-refractivity contribution in [3.05, 3.63) is 42.7 Å². The molecule has 1 fully saturated rings. The summed E-state index contributed by atoms with van der Waals surface area (Å²) in [4.78, 5) is 60.1. The predicted molar refractivity (Wildman–Crippen MR) is 114 cm³/mol. The fourth-order valence-electron chi connectivity index (χ4n) is 3.04. The quantitative estimate of drug-likeness (QED) is 0.350. The van der Waals surface area contributed by atoms with Crippen molar-refractivity contribution in [3.8, 4) is 23.0 Å². The first-order valence-corrected chi connectivity index (χ1v) is 10.3. The lowest BCUT2D eigenvalue weighted by Gasteiger charge is -2.20. The normalized spacial score (nSPS) is 14.1. The average molecular weight is 462 g/mol. The van der Waals surface area contributed by atoms with Crippen LogP contribution in [-0.2, 0) is 24.0 Å². The molecular formula is C21H18N8O5. The molecule has 0 aromatic carbocycles. The van der Waals surface area contributed by atoms with Crippen LogP contribution in [0.25, 0.3) is 23.0 Å². The summed E-state index contributed by atoms with van der Waals surface area (Å²) in [7, 11) is 0. The van der Waals surface area contributed by atoms with Crippen molar-refractivity contribution in [1.29, 1.82) is 0 Å². The van der Waals surface area contributed by atoms with E-state index in [0.29, 0.717) is 28.4 Å². The van der Waals surface area contributed by atoms with Gasteiger partial charge < -0.3 is 14.9 Å². The molecule has 2 amide bonds. The maximum Gasteiger partial charge on any atom is 0.355 e. The van der Waals surface area contributed by atoms with Gasteiger partial charge in [-0.05, 0) is 30.7 Å². The van der Waals surface area contributed by atoms with Crippen LogP contribution in [0.5, 0.6) is 0 Å². The summed E-state index contributed by atoms with van der Waals surface area (Å²) in [6, 6.07) is 7.52. The molecule has 13 nitrogen and oxygen atoms in total. The Morgan fingerprint density at radius 2 is 1.68 bits per heavy atom. The second kappa shape index (κ2) is 10.3. The molecule has 13 heteroatoms. The molecule has 34 heavy (non-hydrogen) atoms. The third-order valence-corrected chi connectivity index (χ3v) is 4.75. The van der Waals surface area contributed by atoms with Gasteiger partial charge >= 0.3 is 5.97 Å². The minimum atomic E-state index is -0.990. The van der Waals surface area contributed by atoms with Crippen LogP contribution in [0.4, 0.5) is 5.69 Å². The summed E-state index contributed by atoms with van der Waals surface area (Å²) in [5.74, 6) is -1.58. The lowest BCUT2D eigenvalue weighted by atomic mass is 10.1. The van der Waals surface area contributed by atoms with E-state index in [1.807, 2.05) is 0 Å². The minimum absolute atomic E-state index is 0.0153. The highest BCUT2D eigenvalue weighted by Crippen LogP contribution is 2.18. The summed E-state index contributed by atoms with van der Waals surface area (Å²) >= 11 is 0. The zero-order chi connectivity index (χ0) is 23.9. The number of pyridine rings is 2. The number of nitrogens with one attached hydrogen (secondary N) is 1. The minimum Gasteiger partial charge on any atom is -0.371 e. The summed E-state index contributed by atoms with van der Waals surface area (Å²) in [5.41, 5.74) is 1.35. The van der Waals surface area contributed by atoms with Gasteiger partial charge in [-0.3, -0.25) is 19.6 Å². The Balaban J connectivity index is 1.44. The Morgan fingerprint density at radius 3 is 2.24 bits per heavy atom. The van der Waals surface area contributed by atoms with Gasteiger partial charge in [-0.25, -0.2) is 4.79 Å². The molecule has 0 bridgehead atoms. The first-order chi connectivity index (χ1) is 16.5. The number of carbonyl (C=O) groups excluding carboxylic acids is 4. The number of amides is 2. The molecule has 1 saturated heterocycles. The van der Waals surface area contributed by atoms with Crippen LogP contribution in [0, 0.1) is 0 Å². The number of nitrogens with zero attached hydrogens (tertiary/aromatic N) is 7. The van der Waals surface area contributed by atoms with Crippen LogP contribution >= 0.6 is 0 Å². The molecule has 0 spiro atoms. The second-order valence-corrected chi connectivity index (χ2v) is 7.13. The van der Waals surface area contributed by atoms with Crippen LogP contribution in [0.3, 0.4) is 0 Å². The van der Waals surface area contributed by atoms with E-state index in [4.69, 9.17) is 4.84 Å². The molecule has 1 unspecified atom stereocenters. The Kier molecular flexibility index (Phi) is 6.81. The summed E-state index contributed by atoms with van der Waals surface area (Å²) in [5, 5.41) is 19.5. The number of rotatable bonds is 9. The number of aldehydes is 1. The first-order valence-electron chi connectivity index (χ1n) is 10.3. The fourth-order valence-corrected chi connectivity index (χ4v) is 3.04. The number of hydrogen-bond donors (Lipinski definition) is 1. The van der Waals surface area contributed by atoms with Gasteiger partial charge in [0.1, 0.15) is 23.7 Å². The van der Waals surface area contributed by atoms with Crippen molar-refractivity contribution in [2.75, 3.05) is 5.32 Å². The van der Waals surface area contributed by atoms with Gasteiger partial charge in [-0.1, -0.05) is 6.07 Å². The SMILES string of the molecule is O=CCCC(Nc1ccc(-c2nnc(-c3ccccn3)nn2)nc1)C(=O)ON1C(=O)CCC1=O. The number of anilines is 1. The lowest BCUT2D eigenvalue weighted by Crippen LogP contribution is -2.39. The Labute approximate surface area is 192 Å². The average Bonchev–Trinajstić information content (AvgIpc) is 3.19. The lowest BCUT2D eigenvalue weighted by molar-refractivity contribution is -0.198. The largest absolute Gasteiger partial charge is 0.371 e. The highest BCUT2D eigenvalue weighted by atomic mass is 16.7. The summed E-state index contributed by atoms with van der Waals surface area (Å²) < 4.78 is 0. The van der Waals surface area contributed by atoms with Crippen molar-refractivity contribution in [1.82, 2.24) is 35.4 Å². The number of imide groups is 1. The molecule has 1 aliphatic rings. The van der Waals surface area contributed by atoms with Crippen LogP contribution in [0.15, 0.2) is 42.7 Å². The molecule has 3 aromatic rings. The molecule has 0 radical (unpaired) electrons. The Bertz CT molecular complexity index is 1170. The molecular weight excluding hydrogens is 444 g/mol. The maximum absolute atomic E-state index is 12.5. The predicted octanol–water partition coefficient (Wildman–Crippen LogP) is 0.757.